The van der Waals surface area contributed by atoms with Crippen molar-refractivity contribution in [3.8, 4) is 11.3 Å². The second-order valence-corrected chi connectivity index (χ2v) is 3.67. The Kier molecular flexibility index (Phi) is 2.84. The van der Waals surface area contributed by atoms with E-state index in [0.717, 1.165) is 0 Å². The Morgan fingerprint density at radius 2 is 1.87 bits per heavy atom. The maximum absolute atomic E-state index is 13.5. The molecule has 0 amide bonds. The van der Waals surface area contributed by atoms with Crippen molar-refractivity contribution in [2.75, 3.05) is 0 Å². The Balaban J connectivity index is 2.54. The molecule has 76 valence electrons. The van der Waals surface area contributed by atoms with E-state index in [1.807, 2.05) is 0 Å². The summed E-state index contributed by atoms with van der Waals surface area (Å²) in [4.78, 5) is 7.64. The fourth-order valence-electron chi connectivity index (χ4n) is 1.18. The van der Waals surface area contributed by atoms with Crippen LogP contribution in [0, 0.1) is 5.82 Å². The molecule has 1 aromatic carbocycles. The van der Waals surface area contributed by atoms with Gasteiger partial charge in [0.1, 0.15) is 17.3 Å². The summed E-state index contributed by atoms with van der Waals surface area (Å²) in [5.41, 5.74) is 0.785. The highest BCUT2D eigenvalue weighted by atomic mass is 35.5. The van der Waals surface area contributed by atoms with Crippen LogP contribution in [0.4, 0.5) is 4.39 Å². The van der Waals surface area contributed by atoms with Crippen LogP contribution in [-0.2, 0) is 0 Å². The zero-order valence-electron chi connectivity index (χ0n) is 7.42. The Bertz CT molecular complexity index is 503. The lowest BCUT2D eigenvalue weighted by Crippen LogP contribution is -1.89. The van der Waals surface area contributed by atoms with Gasteiger partial charge in [-0.25, -0.2) is 14.4 Å². The van der Waals surface area contributed by atoms with Crippen LogP contribution in [0.1, 0.15) is 0 Å². The van der Waals surface area contributed by atoms with E-state index < -0.39 is 5.82 Å². The van der Waals surface area contributed by atoms with E-state index in [1.54, 1.807) is 12.1 Å². The van der Waals surface area contributed by atoms with Gasteiger partial charge in [-0.1, -0.05) is 23.2 Å². The highest BCUT2D eigenvalue weighted by Crippen LogP contribution is 2.24. The molecule has 0 aliphatic rings. The van der Waals surface area contributed by atoms with Gasteiger partial charge in [0.05, 0.1) is 5.69 Å². The average molecular weight is 243 g/mol. The van der Waals surface area contributed by atoms with E-state index in [9.17, 15) is 4.39 Å². The first-order chi connectivity index (χ1) is 7.16. The van der Waals surface area contributed by atoms with Crippen molar-refractivity contribution in [1.82, 2.24) is 9.97 Å². The molecule has 1 aromatic heterocycles. The quantitative estimate of drug-likeness (QED) is 0.715. The largest absolute Gasteiger partial charge is 0.236 e. The van der Waals surface area contributed by atoms with Crippen LogP contribution in [0.3, 0.4) is 0 Å². The molecule has 2 aromatic rings. The zero-order valence-corrected chi connectivity index (χ0v) is 8.93. The summed E-state index contributed by atoms with van der Waals surface area (Å²) in [5.74, 6) is -0.433. The van der Waals surface area contributed by atoms with E-state index in [1.165, 1.54) is 18.5 Å². The highest BCUT2D eigenvalue weighted by molar-refractivity contribution is 6.30. The fourth-order valence-corrected chi connectivity index (χ4v) is 1.48. The van der Waals surface area contributed by atoms with Gasteiger partial charge < -0.3 is 0 Å². The minimum atomic E-state index is -0.433. The van der Waals surface area contributed by atoms with Crippen molar-refractivity contribution in [2.24, 2.45) is 0 Å². The van der Waals surface area contributed by atoms with Gasteiger partial charge in [0.25, 0.3) is 0 Å². The van der Waals surface area contributed by atoms with Gasteiger partial charge in [-0.3, -0.25) is 0 Å². The van der Waals surface area contributed by atoms with Gasteiger partial charge in [0.2, 0.25) is 0 Å². The summed E-state index contributed by atoms with van der Waals surface area (Å²) in [6.07, 6.45) is 1.28. The fraction of sp³-hybridized carbons (Fsp3) is 0. The van der Waals surface area contributed by atoms with Crippen molar-refractivity contribution < 1.29 is 4.39 Å². The standard InChI is InChI=1S/C10H5Cl2FN2/c11-6-1-2-7(8(13)3-6)9-4-10(12)15-5-14-9/h1-5H. The summed E-state index contributed by atoms with van der Waals surface area (Å²) in [7, 11) is 0. The smallest absolute Gasteiger partial charge is 0.134 e. The maximum Gasteiger partial charge on any atom is 0.134 e. The van der Waals surface area contributed by atoms with E-state index in [4.69, 9.17) is 23.2 Å². The van der Waals surface area contributed by atoms with Crippen LogP contribution >= 0.6 is 23.2 Å². The zero-order chi connectivity index (χ0) is 10.8. The third kappa shape index (κ3) is 2.25. The first-order valence-electron chi connectivity index (χ1n) is 4.10. The third-order valence-corrected chi connectivity index (χ3v) is 2.28. The average Bonchev–Trinajstić information content (AvgIpc) is 2.17. The summed E-state index contributed by atoms with van der Waals surface area (Å²) in [6.45, 7) is 0. The van der Waals surface area contributed by atoms with E-state index in [2.05, 4.69) is 9.97 Å². The number of rotatable bonds is 1. The molecular weight excluding hydrogens is 238 g/mol. The number of nitrogens with zero attached hydrogens (tertiary/aromatic N) is 2. The van der Waals surface area contributed by atoms with Crippen LogP contribution in [-0.4, -0.2) is 9.97 Å². The summed E-state index contributed by atoms with van der Waals surface area (Å²) in [6, 6.07) is 5.87. The lowest BCUT2D eigenvalue weighted by molar-refractivity contribution is 0.631. The van der Waals surface area contributed by atoms with Crippen LogP contribution in [0.15, 0.2) is 30.6 Å². The first-order valence-corrected chi connectivity index (χ1v) is 4.85. The van der Waals surface area contributed by atoms with E-state index in [0.29, 0.717) is 16.3 Å². The summed E-state index contributed by atoms with van der Waals surface area (Å²) >= 11 is 11.3. The predicted molar refractivity (Wildman–Crippen MR) is 57.4 cm³/mol. The molecule has 0 spiro atoms. The van der Waals surface area contributed by atoms with E-state index in [-0.39, 0.29) is 5.15 Å². The van der Waals surface area contributed by atoms with Crippen molar-refractivity contribution in [3.63, 3.8) is 0 Å². The Morgan fingerprint density at radius 3 is 2.53 bits per heavy atom. The molecule has 0 aliphatic heterocycles. The molecule has 2 rings (SSSR count). The molecule has 0 bridgehead atoms. The molecule has 0 unspecified atom stereocenters. The number of hydrogen-bond acceptors (Lipinski definition) is 2. The summed E-state index contributed by atoms with van der Waals surface area (Å²) < 4.78 is 13.5. The highest BCUT2D eigenvalue weighted by Gasteiger charge is 2.07. The molecule has 15 heavy (non-hydrogen) atoms. The second kappa shape index (κ2) is 4.13. The van der Waals surface area contributed by atoms with Gasteiger partial charge in [0.15, 0.2) is 0 Å². The van der Waals surface area contributed by atoms with Crippen molar-refractivity contribution >= 4 is 23.2 Å². The molecule has 0 saturated heterocycles. The monoisotopic (exact) mass is 242 g/mol. The first kappa shape index (κ1) is 10.3. The van der Waals surface area contributed by atoms with Crippen LogP contribution in [0.5, 0.6) is 0 Å². The third-order valence-electron chi connectivity index (χ3n) is 1.84. The predicted octanol–water partition coefficient (Wildman–Crippen LogP) is 3.59. The van der Waals surface area contributed by atoms with Gasteiger partial charge in [-0.2, -0.15) is 0 Å². The molecule has 0 radical (unpaired) electrons. The van der Waals surface area contributed by atoms with Gasteiger partial charge in [-0.15, -0.1) is 0 Å². The number of aromatic nitrogens is 2. The molecule has 0 fully saturated rings. The molecule has 1 heterocycles. The van der Waals surface area contributed by atoms with Crippen molar-refractivity contribution in [2.45, 2.75) is 0 Å². The minimum Gasteiger partial charge on any atom is -0.236 e. The van der Waals surface area contributed by atoms with Crippen molar-refractivity contribution in [1.29, 1.82) is 0 Å². The molecule has 2 nitrogen and oxygen atoms in total. The molecular formula is C10H5Cl2FN2. The van der Waals surface area contributed by atoms with Gasteiger partial charge in [-0.05, 0) is 18.2 Å². The molecule has 5 heteroatoms. The Hall–Kier alpha value is -1.19. The van der Waals surface area contributed by atoms with Crippen LogP contribution in [0.25, 0.3) is 11.3 Å². The van der Waals surface area contributed by atoms with Crippen LogP contribution < -0.4 is 0 Å². The maximum atomic E-state index is 13.5. The minimum absolute atomic E-state index is 0.273. The Morgan fingerprint density at radius 1 is 1.07 bits per heavy atom. The Labute approximate surface area is 95.7 Å². The number of benzene rings is 1. The lowest BCUT2D eigenvalue weighted by atomic mass is 10.1. The topological polar surface area (TPSA) is 25.8 Å². The van der Waals surface area contributed by atoms with Crippen molar-refractivity contribution in [3.05, 3.63) is 46.6 Å². The SMILES string of the molecule is Fc1cc(Cl)ccc1-c1cc(Cl)ncn1. The molecule has 0 atom stereocenters. The van der Waals surface area contributed by atoms with E-state index >= 15 is 0 Å². The second-order valence-electron chi connectivity index (χ2n) is 2.85. The van der Waals surface area contributed by atoms with Crippen LogP contribution in [0.2, 0.25) is 10.2 Å². The normalized spacial score (nSPS) is 10.3. The molecule has 0 saturated carbocycles. The number of hydrogen-bond donors (Lipinski definition) is 0. The number of halogens is 3. The van der Waals surface area contributed by atoms with Gasteiger partial charge >= 0.3 is 0 Å². The summed E-state index contributed by atoms with van der Waals surface area (Å²) in [5, 5.41) is 0.616. The lowest BCUT2D eigenvalue weighted by Gasteiger charge is -2.02. The van der Waals surface area contributed by atoms with Gasteiger partial charge in [0, 0.05) is 16.7 Å². The molecule has 0 aliphatic carbocycles. The molecule has 0 N–H and O–H groups in total.